The zero-order valence-electron chi connectivity index (χ0n) is 23.8. The molecule has 0 radical (unpaired) electrons. The summed E-state index contributed by atoms with van der Waals surface area (Å²) in [6.45, 7) is 3.19. The summed E-state index contributed by atoms with van der Waals surface area (Å²) in [7, 11) is -2.28. The molecule has 0 saturated carbocycles. The molecule has 0 atom stereocenters. The molecule has 1 fully saturated rings. The van der Waals surface area contributed by atoms with Gasteiger partial charge in [0.15, 0.2) is 5.82 Å². The number of ether oxygens (including phenoxy) is 1. The summed E-state index contributed by atoms with van der Waals surface area (Å²) in [4.78, 5) is 32.6. The number of nitrogens with one attached hydrogen (secondary N) is 4. The summed E-state index contributed by atoms with van der Waals surface area (Å²) >= 11 is 0. The largest absolute Gasteiger partial charge is 0.418 e. The molecular weight excluding hydrogens is 608 g/mol. The number of rotatable bonds is 7. The van der Waals surface area contributed by atoms with Crippen LogP contribution in [0.3, 0.4) is 0 Å². The van der Waals surface area contributed by atoms with E-state index in [0.717, 1.165) is 44.0 Å². The van der Waals surface area contributed by atoms with Crippen molar-refractivity contribution < 1.29 is 31.5 Å². The first-order valence-corrected chi connectivity index (χ1v) is 15.3. The fourth-order valence-electron chi connectivity index (χ4n) is 4.96. The van der Waals surface area contributed by atoms with E-state index in [1.54, 1.807) is 36.5 Å². The van der Waals surface area contributed by atoms with Crippen LogP contribution in [-0.2, 0) is 9.84 Å². The monoisotopic (exact) mass is 635 g/mol. The molecule has 2 amide bonds. The van der Waals surface area contributed by atoms with Gasteiger partial charge < -0.3 is 24.8 Å². The van der Waals surface area contributed by atoms with Crippen LogP contribution in [0.1, 0.15) is 10.4 Å². The summed E-state index contributed by atoms with van der Waals surface area (Å²) in [5, 5.41) is 12.4. The third-order valence-corrected chi connectivity index (χ3v) is 9.08. The lowest BCUT2D eigenvalue weighted by Gasteiger charge is -2.34. The van der Waals surface area contributed by atoms with Gasteiger partial charge in [-0.25, -0.2) is 22.0 Å². The van der Waals surface area contributed by atoms with E-state index in [4.69, 9.17) is 4.74 Å². The van der Waals surface area contributed by atoms with Crippen molar-refractivity contribution in [2.45, 2.75) is 9.79 Å². The Morgan fingerprint density at radius 2 is 1.67 bits per heavy atom. The quantitative estimate of drug-likeness (QED) is 0.202. The highest BCUT2D eigenvalue weighted by Crippen LogP contribution is 2.30. The van der Waals surface area contributed by atoms with Gasteiger partial charge in [-0.3, -0.25) is 15.2 Å². The van der Waals surface area contributed by atoms with Crippen LogP contribution in [0.25, 0.3) is 10.9 Å². The van der Waals surface area contributed by atoms with E-state index in [0.29, 0.717) is 11.6 Å². The second-order valence-electron chi connectivity index (χ2n) is 10.4. The van der Waals surface area contributed by atoms with Crippen molar-refractivity contribution in [3.63, 3.8) is 0 Å². The number of fused-ring (bicyclic) bond motifs is 1. The third-order valence-electron chi connectivity index (χ3n) is 7.35. The Balaban J connectivity index is 1.30. The predicted molar refractivity (Wildman–Crippen MR) is 162 cm³/mol. The molecule has 3 heterocycles. The number of anilines is 3. The van der Waals surface area contributed by atoms with Crippen molar-refractivity contribution in [3.05, 3.63) is 90.1 Å². The number of benzene rings is 3. The van der Waals surface area contributed by atoms with E-state index in [-0.39, 0.29) is 33.2 Å². The smallest absolute Gasteiger partial charge is 0.393 e. The van der Waals surface area contributed by atoms with Crippen LogP contribution >= 0.6 is 0 Å². The van der Waals surface area contributed by atoms with E-state index < -0.39 is 38.4 Å². The van der Waals surface area contributed by atoms with Gasteiger partial charge in [-0.05, 0) is 61.6 Å². The first kappa shape index (κ1) is 29.8. The molecule has 232 valence electrons. The number of amides is 2. The lowest BCUT2D eigenvalue weighted by molar-refractivity contribution is 0.102. The molecule has 1 saturated heterocycles. The Kier molecular flexibility index (Phi) is 7.95. The minimum Gasteiger partial charge on any atom is -0.393 e. The molecule has 2 aromatic heterocycles. The van der Waals surface area contributed by atoms with Crippen LogP contribution in [-0.4, -0.2) is 73.7 Å². The number of aromatic amines is 2. The van der Waals surface area contributed by atoms with E-state index in [1.807, 2.05) is 7.05 Å². The van der Waals surface area contributed by atoms with Gasteiger partial charge in [0.2, 0.25) is 15.7 Å². The van der Waals surface area contributed by atoms with Crippen molar-refractivity contribution in [2.75, 3.05) is 48.8 Å². The summed E-state index contributed by atoms with van der Waals surface area (Å²) in [6.07, 6.45) is 0.771. The molecule has 0 aliphatic carbocycles. The number of sulfone groups is 1. The van der Waals surface area contributed by atoms with Gasteiger partial charge in [0.25, 0.3) is 5.91 Å². The molecule has 1 aliphatic rings. The molecule has 15 heteroatoms. The van der Waals surface area contributed by atoms with Crippen molar-refractivity contribution >= 4 is 49.9 Å². The first-order chi connectivity index (χ1) is 21.6. The number of aromatic nitrogens is 3. The van der Waals surface area contributed by atoms with Gasteiger partial charge in [-0.15, -0.1) is 0 Å². The molecule has 0 spiro atoms. The fourth-order valence-corrected chi connectivity index (χ4v) is 6.29. The zero-order valence-corrected chi connectivity index (χ0v) is 24.6. The van der Waals surface area contributed by atoms with E-state index in [1.165, 1.54) is 18.2 Å². The fraction of sp³-hybridized carbons (Fsp3) is 0.167. The number of halogens is 2. The van der Waals surface area contributed by atoms with Crippen LogP contribution in [0.4, 0.5) is 30.8 Å². The van der Waals surface area contributed by atoms with E-state index in [2.05, 4.69) is 35.6 Å². The van der Waals surface area contributed by atoms with Gasteiger partial charge in [0.1, 0.15) is 11.6 Å². The highest BCUT2D eigenvalue weighted by molar-refractivity contribution is 7.91. The number of piperazine rings is 1. The lowest BCUT2D eigenvalue weighted by Crippen LogP contribution is -2.44. The van der Waals surface area contributed by atoms with Gasteiger partial charge in [-0.1, -0.05) is 0 Å². The molecular formula is C30H27F2N7O5S. The van der Waals surface area contributed by atoms with Crippen LogP contribution < -0.4 is 20.3 Å². The number of likely N-dealkylation sites (N-methyl/N-ethyl adjacent to an activating group) is 1. The van der Waals surface area contributed by atoms with E-state index >= 15 is 0 Å². The average molecular weight is 636 g/mol. The maximum Gasteiger partial charge on any atom is 0.418 e. The predicted octanol–water partition coefficient (Wildman–Crippen LogP) is 4.62. The summed E-state index contributed by atoms with van der Waals surface area (Å²) < 4.78 is 59.2. The zero-order chi connectivity index (χ0) is 31.7. The summed E-state index contributed by atoms with van der Waals surface area (Å²) in [6, 6.07) is 14.2. The average Bonchev–Trinajstić information content (AvgIpc) is 3.66. The topological polar surface area (TPSA) is 153 Å². The molecule has 5 aromatic rings. The second-order valence-corrected chi connectivity index (χ2v) is 12.4. The molecule has 12 nitrogen and oxygen atoms in total. The van der Waals surface area contributed by atoms with Gasteiger partial charge in [-0.2, -0.15) is 5.10 Å². The van der Waals surface area contributed by atoms with E-state index in [9.17, 15) is 26.8 Å². The highest BCUT2D eigenvalue weighted by atomic mass is 32.2. The molecule has 3 aromatic carbocycles. The molecule has 1 aliphatic heterocycles. The Morgan fingerprint density at radius 3 is 2.38 bits per heavy atom. The Labute approximate surface area is 255 Å². The molecule has 0 unspecified atom stereocenters. The van der Waals surface area contributed by atoms with Crippen molar-refractivity contribution in [1.29, 1.82) is 0 Å². The maximum atomic E-state index is 13.8. The minimum absolute atomic E-state index is 0.000490. The van der Waals surface area contributed by atoms with Gasteiger partial charge >= 0.3 is 6.09 Å². The maximum absolute atomic E-state index is 13.8. The normalized spacial score (nSPS) is 14.0. The molecule has 0 bridgehead atoms. The van der Waals surface area contributed by atoms with Crippen molar-refractivity contribution in [3.8, 4) is 5.88 Å². The standard InChI is InChI=1S/C30H27F2N7O5S/c1-38-9-11-39(12-10-38)20-4-6-23(26(16-20)34-30(41)44-27-3-2-8-33-27)29(40)35-28-24-17-21(5-7-25(24)36-37-28)45(42,43)22-14-18(31)13-19(32)15-22/h2-8,13-17,33H,9-12H2,1H3,(H,34,41)(H2,35,36,37,40). The SMILES string of the molecule is CN1CCN(c2ccc(C(=O)Nc3n[nH]c4ccc(S(=O)(=O)c5cc(F)cc(F)c5)cc34)c(NC(=O)Oc3ccc[nH]3)c2)CC1. The van der Waals surface area contributed by atoms with Crippen LogP contribution in [0.2, 0.25) is 0 Å². The number of hydrogen-bond acceptors (Lipinski definition) is 8. The number of H-pyrrole nitrogens is 2. The Bertz CT molecular complexity index is 1990. The number of carbonyl (C=O) groups excluding carboxylic acids is 2. The molecule has 6 rings (SSSR count). The van der Waals surface area contributed by atoms with Gasteiger partial charge in [0, 0.05) is 55.6 Å². The summed E-state index contributed by atoms with van der Waals surface area (Å²) in [5.41, 5.74) is 1.46. The first-order valence-electron chi connectivity index (χ1n) is 13.8. The lowest BCUT2D eigenvalue weighted by atomic mass is 10.1. The number of carbonyl (C=O) groups is 2. The van der Waals surface area contributed by atoms with Gasteiger partial charge in [0.05, 0.1) is 26.6 Å². The number of hydrogen-bond donors (Lipinski definition) is 4. The highest BCUT2D eigenvalue weighted by Gasteiger charge is 2.24. The van der Waals surface area contributed by atoms with Crippen LogP contribution in [0, 0.1) is 11.6 Å². The summed E-state index contributed by atoms with van der Waals surface area (Å²) in [5.74, 6) is -2.51. The number of nitrogens with zero attached hydrogens (tertiary/aromatic N) is 3. The van der Waals surface area contributed by atoms with Crippen LogP contribution in [0.5, 0.6) is 5.88 Å². The second kappa shape index (κ2) is 12.0. The third kappa shape index (κ3) is 6.34. The van der Waals surface area contributed by atoms with Crippen LogP contribution in [0.15, 0.2) is 82.7 Å². The minimum atomic E-state index is -4.32. The van der Waals surface area contributed by atoms with Crippen molar-refractivity contribution in [1.82, 2.24) is 20.1 Å². The molecule has 45 heavy (non-hydrogen) atoms. The Morgan fingerprint density at radius 1 is 0.911 bits per heavy atom. The molecule has 4 N–H and O–H groups in total. The van der Waals surface area contributed by atoms with Crippen molar-refractivity contribution in [2.24, 2.45) is 0 Å². The Hall–Kier alpha value is -5.28.